The first-order valence-corrected chi connectivity index (χ1v) is 3.35. The molecule has 1 aromatic rings. The summed E-state index contributed by atoms with van der Waals surface area (Å²) in [4.78, 5) is 0. The third-order valence-corrected chi connectivity index (χ3v) is 1.65. The Hall–Kier alpha value is -1.12. The van der Waals surface area contributed by atoms with Crippen molar-refractivity contribution in [1.82, 2.24) is 0 Å². The molecule has 0 aliphatic heterocycles. The van der Waals surface area contributed by atoms with Gasteiger partial charge in [0.1, 0.15) is 5.36 Å². The van der Waals surface area contributed by atoms with Gasteiger partial charge >= 0.3 is 0 Å². The Kier molecular flexibility index (Phi) is 1.57. The number of hydrogen-bond acceptors (Lipinski definition) is 3. The van der Waals surface area contributed by atoms with Crippen molar-refractivity contribution >= 4 is 5.69 Å². The second-order valence-electron chi connectivity index (χ2n) is 2.39. The van der Waals surface area contributed by atoms with Crippen LogP contribution in [-0.2, 0) is 6.42 Å². The molecular weight excluding hydrogens is 126 g/mol. The monoisotopic (exact) mass is 137 g/mol. The first kappa shape index (κ1) is 6.99. The molecule has 0 spiro atoms. The van der Waals surface area contributed by atoms with Crippen molar-refractivity contribution in [2.24, 2.45) is 0 Å². The molecule has 10 heavy (non-hydrogen) atoms. The van der Waals surface area contributed by atoms with Gasteiger partial charge in [0.2, 0.25) is 0 Å². The molecule has 3 nitrogen and oxygen atoms in total. The molecular formula is C7H11N3. The standard InChI is InChI=1S/C7H11N3/c1-2-3-4-5(8)7(10)6(4)9/h8,10H,2-3,9H2,1H3. The fraction of sp³-hybridized carbons (Fsp3) is 0.429. The highest BCUT2D eigenvalue weighted by Gasteiger charge is 2.09. The number of nitrogens with one attached hydrogen (secondary N) is 2. The van der Waals surface area contributed by atoms with Gasteiger partial charge in [0.15, 0.2) is 0 Å². The lowest BCUT2D eigenvalue weighted by molar-refractivity contribution is 0.876. The molecule has 3 heteroatoms. The van der Waals surface area contributed by atoms with E-state index in [4.69, 9.17) is 16.6 Å². The van der Waals surface area contributed by atoms with Crippen molar-refractivity contribution in [2.75, 3.05) is 5.73 Å². The normalized spacial score (nSPS) is 10.5. The molecule has 0 aliphatic carbocycles. The Morgan fingerprint density at radius 1 is 1.30 bits per heavy atom. The van der Waals surface area contributed by atoms with E-state index >= 15 is 0 Å². The van der Waals surface area contributed by atoms with Gasteiger partial charge in [-0.3, -0.25) is 10.8 Å². The third kappa shape index (κ3) is 0.744. The SMILES string of the molecule is CCCc1c(N)c(=N)c1=N. The Bertz CT molecular complexity index is 304. The zero-order chi connectivity index (χ0) is 7.72. The number of nitrogens with two attached hydrogens (primary N) is 1. The predicted octanol–water partition coefficient (Wildman–Crippen LogP) is 0.0558. The number of hydrogen-bond donors (Lipinski definition) is 3. The van der Waals surface area contributed by atoms with Gasteiger partial charge in [0.25, 0.3) is 0 Å². The molecule has 1 aromatic carbocycles. The molecule has 4 N–H and O–H groups in total. The molecule has 54 valence electrons. The van der Waals surface area contributed by atoms with Gasteiger partial charge in [-0.25, -0.2) is 0 Å². The third-order valence-electron chi connectivity index (χ3n) is 1.65. The minimum Gasteiger partial charge on any atom is -0.397 e. The molecule has 0 radical (unpaired) electrons. The van der Waals surface area contributed by atoms with E-state index in [0.717, 1.165) is 18.4 Å². The van der Waals surface area contributed by atoms with Crippen LogP contribution in [0.5, 0.6) is 0 Å². The largest absolute Gasteiger partial charge is 0.397 e. The zero-order valence-corrected chi connectivity index (χ0v) is 5.99. The van der Waals surface area contributed by atoms with Crippen LogP contribution in [-0.4, -0.2) is 0 Å². The number of anilines is 1. The lowest BCUT2D eigenvalue weighted by Crippen LogP contribution is -2.38. The molecule has 0 amide bonds. The second-order valence-corrected chi connectivity index (χ2v) is 2.39. The van der Waals surface area contributed by atoms with Gasteiger partial charge in [0.05, 0.1) is 11.0 Å². The Morgan fingerprint density at radius 3 is 2.30 bits per heavy atom. The predicted molar refractivity (Wildman–Crippen MR) is 38.9 cm³/mol. The summed E-state index contributed by atoms with van der Waals surface area (Å²) in [6.07, 6.45) is 1.83. The van der Waals surface area contributed by atoms with Crippen LogP contribution in [0, 0.1) is 10.8 Å². The molecule has 0 aromatic heterocycles. The van der Waals surface area contributed by atoms with Crippen LogP contribution < -0.4 is 16.4 Å². The van der Waals surface area contributed by atoms with Crippen LogP contribution in [0.3, 0.4) is 0 Å². The molecule has 0 fully saturated rings. The topological polar surface area (TPSA) is 73.7 Å². The summed E-state index contributed by atoms with van der Waals surface area (Å²) >= 11 is 0. The van der Waals surface area contributed by atoms with Crippen molar-refractivity contribution in [2.45, 2.75) is 19.8 Å². The molecule has 0 aliphatic rings. The van der Waals surface area contributed by atoms with Crippen molar-refractivity contribution in [3.05, 3.63) is 16.3 Å². The molecule has 0 saturated heterocycles. The molecule has 1 rings (SSSR count). The van der Waals surface area contributed by atoms with Crippen LogP contribution in [0.25, 0.3) is 0 Å². The van der Waals surface area contributed by atoms with Crippen LogP contribution in [0.15, 0.2) is 0 Å². The second kappa shape index (κ2) is 2.25. The van der Waals surface area contributed by atoms with Crippen LogP contribution in [0.1, 0.15) is 18.9 Å². The quantitative estimate of drug-likeness (QED) is 0.529. The van der Waals surface area contributed by atoms with Crippen LogP contribution in [0.4, 0.5) is 5.69 Å². The van der Waals surface area contributed by atoms with Gasteiger partial charge < -0.3 is 5.73 Å². The van der Waals surface area contributed by atoms with E-state index < -0.39 is 0 Å². The van der Waals surface area contributed by atoms with E-state index in [0.29, 0.717) is 11.0 Å². The molecule has 0 unspecified atom stereocenters. The summed E-state index contributed by atoms with van der Waals surface area (Å²) in [6, 6.07) is 0. The number of nitrogen functional groups attached to an aromatic ring is 1. The number of rotatable bonds is 2. The van der Waals surface area contributed by atoms with E-state index in [-0.39, 0.29) is 5.36 Å². The fourth-order valence-corrected chi connectivity index (χ4v) is 1.02. The lowest BCUT2D eigenvalue weighted by atomic mass is 10.0. The average molecular weight is 137 g/mol. The molecule has 0 saturated carbocycles. The van der Waals surface area contributed by atoms with Gasteiger partial charge in [0, 0.05) is 5.56 Å². The van der Waals surface area contributed by atoms with Gasteiger partial charge in [-0.15, -0.1) is 0 Å². The average Bonchev–Trinajstić information content (AvgIpc) is 1.98. The summed E-state index contributed by atoms with van der Waals surface area (Å²) in [5, 5.41) is 15.0. The van der Waals surface area contributed by atoms with Crippen LogP contribution in [0.2, 0.25) is 0 Å². The van der Waals surface area contributed by atoms with E-state index in [9.17, 15) is 0 Å². The summed E-state index contributed by atoms with van der Waals surface area (Å²) in [7, 11) is 0. The maximum atomic E-state index is 7.26. The maximum absolute atomic E-state index is 7.26. The van der Waals surface area contributed by atoms with Gasteiger partial charge in [-0.05, 0) is 6.42 Å². The van der Waals surface area contributed by atoms with E-state index in [2.05, 4.69) is 0 Å². The first-order chi connectivity index (χ1) is 4.68. The van der Waals surface area contributed by atoms with E-state index in [1.165, 1.54) is 0 Å². The molecule has 0 atom stereocenters. The van der Waals surface area contributed by atoms with Gasteiger partial charge in [-0.2, -0.15) is 0 Å². The summed E-state index contributed by atoms with van der Waals surface area (Å²) in [5.41, 5.74) is 6.85. The molecule has 0 bridgehead atoms. The zero-order valence-electron chi connectivity index (χ0n) is 5.99. The highest BCUT2D eigenvalue weighted by atomic mass is 14.6. The van der Waals surface area contributed by atoms with Crippen LogP contribution >= 0.6 is 0 Å². The van der Waals surface area contributed by atoms with Crippen molar-refractivity contribution in [1.29, 1.82) is 10.8 Å². The Morgan fingerprint density at radius 2 is 1.90 bits per heavy atom. The summed E-state index contributed by atoms with van der Waals surface area (Å²) in [6.45, 7) is 2.04. The Balaban J connectivity index is 2.99. The minimum atomic E-state index is 0.212. The highest BCUT2D eigenvalue weighted by Crippen LogP contribution is 2.03. The summed E-state index contributed by atoms with van der Waals surface area (Å²) < 4.78 is 0. The maximum Gasteiger partial charge on any atom is 0.103 e. The van der Waals surface area contributed by atoms with Gasteiger partial charge in [-0.1, -0.05) is 13.3 Å². The smallest absolute Gasteiger partial charge is 0.103 e. The minimum absolute atomic E-state index is 0.212. The van der Waals surface area contributed by atoms with Crippen molar-refractivity contribution in [3.8, 4) is 0 Å². The van der Waals surface area contributed by atoms with E-state index in [1.807, 2.05) is 6.92 Å². The molecule has 0 heterocycles. The Labute approximate surface area is 59.2 Å². The fourth-order valence-electron chi connectivity index (χ4n) is 1.02. The van der Waals surface area contributed by atoms with Crippen molar-refractivity contribution < 1.29 is 0 Å². The van der Waals surface area contributed by atoms with E-state index in [1.54, 1.807) is 0 Å². The first-order valence-electron chi connectivity index (χ1n) is 3.35. The summed E-state index contributed by atoms with van der Waals surface area (Å²) in [5.74, 6) is 0. The van der Waals surface area contributed by atoms with Crippen molar-refractivity contribution in [3.63, 3.8) is 0 Å². The lowest BCUT2D eigenvalue weighted by Gasteiger charge is -2.07. The highest BCUT2D eigenvalue weighted by molar-refractivity contribution is 5.50.